The number of fused-ring (bicyclic) bond motifs is 4. The Morgan fingerprint density at radius 1 is 1.29 bits per heavy atom. The molecule has 2 bridgehead atoms. The van der Waals surface area contributed by atoms with Crippen LogP contribution in [0.2, 0.25) is 0 Å². The molecule has 2 heterocycles. The summed E-state index contributed by atoms with van der Waals surface area (Å²) in [6.07, 6.45) is 0.443. The van der Waals surface area contributed by atoms with Crippen molar-refractivity contribution in [1.29, 1.82) is 0 Å². The largest absolute Gasteiger partial charge is 0.467 e. The van der Waals surface area contributed by atoms with Crippen molar-refractivity contribution < 1.29 is 18.3 Å². The van der Waals surface area contributed by atoms with Gasteiger partial charge in [0.25, 0.3) is 0 Å². The van der Waals surface area contributed by atoms with Crippen LogP contribution in [0.15, 0.2) is 40.9 Å². The summed E-state index contributed by atoms with van der Waals surface area (Å²) in [4.78, 5) is 13.8. The van der Waals surface area contributed by atoms with Crippen LogP contribution in [0.25, 0.3) is 0 Å². The third-order valence-electron chi connectivity index (χ3n) is 4.38. The summed E-state index contributed by atoms with van der Waals surface area (Å²) in [6.45, 7) is 1.73. The molecule has 1 N–H and O–H groups in total. The topological polar surface area (TPSA) is 41.6 Å². The molecular weight excluding hydrogens is 382 g/mol. The number of hydrogen-bond acceptors (Lipinski definition) is 2. The standard InChI is InChI=1S/C17H13BrF2N2O2/c1-17-8-13(11-6-9(18)2-5-15(11)24-17)21-16(23)22(17)14-4-3-10(19)7-12(14)20/h2-7,13H,8H2,1H3,(H,21,23)/t13-,17+/m0/s1. The van der Waals surface area contributed by atoms with E-state index >= 15 is 0 Å². The number of rotatable bonds is 1. The fourth-order valence-electron chi connectivity index (χ4n) is 3.37. The zero-order chi connectivity index (χ0) is 17.1. The van der Waals surface area contributed by atoms with Gasteiger partial charge in [0.1, 0.15) is 17.4 Å². The van der Waals surface area contributed by atoms with E-state index in [0.717, 1.165) is 22.2 Å². The molecule has 0 aliphatic carbocycles. The lowest BCUT2D eigenvalue weighted by Gasteiger charge is -2.50. The van der Waals surface area contributed by atoms with Crippen LogP contribution in [-0.2, 0) is 0 Å². The van der Waals surface area contributed by atoms with Crippen molar-refractivity contribution in [3.8, 4) is 5.75 Å². The van der Waals surface area contributed by atoms with E-state index in [1.54, 1.807) is 13.0 Å². The molecule has 2 aliphatic heterocycles. The zero-order valence-electron chi connectivity index (χ0n) is 12.6. The van der Waals surface area contributed by atoms with Crippen molar-refractivity contribution in [2.45, 2.75) is 25.1 Å². The minimum atomic E-state index is -1.06. The molecule has 24 heavy (non-hydrogen) atoms. The molecule has 7 heteroatoms. The molecule has 2 aromatic rings. The van der Waals surface area contributed by atoms with E-state index in [-0.39, 0.29) is 11.7 Å². The van der Waals surface area contributed by atoms with E-state index in [1.807, 2.05) is 12.1 Å². The quantitative estimate of drug-likeness (QED) is 0.773. The summed E-state index contributed by atoms with van der Waals surface area (Å²) < 4.78 is 34.4. The lowest BCUT2D eigenvalue weighted by atomic mass is 9.90. The van der Waals surface area contributed by atoms with E-state index in [4.69, 9.17) is 4.74 Å². The van der Waals surface area contributed by atoms with E-state index in [9.17, 15) is 13.6 Å². The summed E-state index contributed by atoms with van der Waals surface area (Å²) in [7, 11) is 0. The molecule has 2 amide bonds. The highest BCUT2D eigenvalue weighted by molar-refractivity contribution is 9.10. The van der Waals surface area contributed by atoms with Gasteiger partial charge >= 0.3 is 6.03 Å². The van der Waals surface area contributed by atoms with Crippen molar-refractivity contribution in [2.75, 3.05) is 4.90 Å². The number of nitrogens with one attached hydrogen (secondary N) is 1. The fourth-order valence-corrected chi connectivity index (χ4v) is 3.75. The molecule has 1 fully saturated rings. The van der Waals surface area contributed by atoms with Crippen molar-refractivity contribution in [2.24, 2.45) is 0 Å². The average molecular weight is 395 g/mol. The molecule has 124 valence electrons. The van der Waals surface area contributed by atoms with Gasteiger partial charge < -0.3 is 10.1 Å². The van der Waals surface area contributed by atoms with E-state index < -0.39 is 23.4 Å². The molecule has 0 aromatic heterocycles. The van der Waals surface area contributed by atoms with Gasteiger partial charge in [-0.25, -0.2) is 13.6 Å². The van der Waals surface area contributed by atoms with Crippen LogP contribution in [0.4, 0.5) is 19.3 Å². The van der Waals surface area contributed by atoms with Crippen LogP contribution >= 0.6 is 15.9 Å². The van der Waals surface area contributed by atoms with Crippen LogP contribution in [0.1, 0.15) is 24.9 Å². The van der Waals surface area contributed by atoms with Crippen LogP contribution in [0, 0.1) is 11.6 Å². The monoisotopic (exact) mass is 394 g/mol. The Balaban J connectivity index is 1.82. The van der Waals surface area contributed by atoms with E-state index in [1.165, 1.54) is 11.0 Å². The number of urea groups is 1. The highest BCUT2D eigenvalue weighted by Gasteiger charge is 2.50. The van der Waals surface area contributed by atoms with Gasteiger partial charge in [0.05, 0.1) is 11.7 Å². The molecule has 0 unspecified atom stereocenters. The normalized spacial score (nSPS) is 24.9. The molecule has 2 aromatic carbocycles. The molecule has 0 spiro atoms. The number of halogens is 3. The van der Waals surface area contributed by atoms with Gasteiger partial charge in [-0.15, -0.1) is 0 Å². The molecule has 4 rings (SSSR count). The highest BCUT2D eigenvalue weighted by Crippen LogP contribution is 2.46. The lowest BCUT2D eigenvalue weighted by Crippen LogP contribution is -2.65. The van der Waals surface area contributed by atoms with Crippen molar-refractivity contribution in [3.05, 3.63) is 58.1 Å². The molecule has 0 radical (unpaired) electrons. The lowest BCUT2D eigenvalue weighted by molar-refractivity contribution is 0.0373. The molecule has 0 saturated carbocycles. The molecule has 2 atom stereocenters. The van der Waals surface area contributed by atoms with E-state index in [0.29, 0.717) is 12.2 Å². The summed E-state index contributed by atoms with van der Waals surface area (Å²) in [5.74, 6) is -0.879. The van der Waals surface area contributed by atoms with Crippen molar-refractivity contribution in [3.63, 3.8) is 0 Å². The summed E-state index contributed by atoms with van der Waals surface area (Å²) in [6, 6.07) is 7.95. The second-order valence-corrected chi connectivity index (χ2v) is 7.01. The Morgan fingerprint density at radius 2 is 2.08 bits per heavy atom. The third kappa shape index (κ3) is 2.26. The number of amides is 2. The van der Waals surface area contributed by atoms with Gasteiger partial charge in [-0.1, -0.05) is 15.9 Å². The molecule has 1 saturated heterocycles. The Kier molecular flexibility index (Phi) is 3.32. The summed E-state index contributed by atoms with van der Waals surface area (Å²) in [5.41, 5.74) is -0.211. The molecule has 4 nitrogen and oxygen atoms in total. The first-order valence-corrected chi connectivity index (χ1v) is 8.21. The number of nitrogens with zero attached hydrogens (tertiary/aromatic N) is 1. The van der Waals surface area contributed by atoms with Crippen LogP contribution in [-0.4, -0.2) is 11.8 Å². The fraction of sp³-hybridized carbons (Fsp3) is 0.235. The van der Waals surface area contributed by atoms with Crippen molar-refractivity contribution in [1.82, 2.24) is 5.32 Å². The summed E-state index contributed by atoms with van der Waals surface area (Å²) >= 11 is 3.41. The molecular formula is C17H13BrF2N2O2. The third-order valence-corrected chi connectivity index (χ3v) is 4.88. The maximum absolute atomic E-state index is 14.2. The van der Waals surface area contributed by atoms with E-state index in [2.05, 4.69) is 21.2 Å². The number of benzene rings is 2. The summed E-state index contributed by atoms with van der Waals surface area (Å²) in [5, 5.41) is 2.87. The number of carbonyl (C=O) groups is 1. The predicted molar refractivity (Wildman–Crippen MR) is 87.9 cm³/mol. The minimum Gasteiger partial charge on any atom is -0.467 e. The SMILES string of the molecule is C[C@@]12C[C@H](NC(=O)N1c1ccc(F)cc1F)c1cc(Br)ccc1O2. The van der Waals surface area contributed by atoms with Crippen LogP contribution in [0.3, 0.4) is 0 Å². The number of anilines is 1. The van der Waals surface area contributed by atoms with Gasteiger partial charge in [0.2, 0.25) is 0 Å². The number of hydrogen-bond donors (Lipinski definition) is 1. The Morgan fingerprint density at radius 3 is 2.83 bits per heavy atom. The first-order valence-electron chi connectivity index (χ1n) is 7.42. The van der Waals surface area contributed by atoms with Crippen LogP contribution < -0.4 is 15.0 Å². The van der Waals surface area contributed by atoms with Gasteiger partial charge in [-0.05, 0) is 37.3 Å². The number of ether oxygens (including phenoxy) is 1. The van der Waals surface area contributed by atoms with Gasteiger partial charge in [0.15, 0.2) is 5.72 Å². The Labute approximate surface area is 145 Å². The average Bonchev–Trinajstić information content (AvgIpc) is 2.50. The Hall–Kier alpha value is -2.15. The maximum Gasteiger partial charge on any atom is 0.325 e. The van der Waals surface area contributed by atoms with Gasteiger partial charge in [-0.2, -0.15) is 0 Å². The van der Waals surface area contributed by atoms with Gasteiger partial charge in [-0.3, -0.25) is 4.90 Å². The highest BCUT2D eigenvalue weighted by atomic mass is 79.9. The zero-order valence-corrected chi connectivity index (χ0v) is 14.2. The maximum atomic E-state index is 14.2. The minimum absolute atomic E-state index is 0.0181. The van der Waals surface area contributed by atoms with Crippen molar-refractivity contribution >= 4 is 27.6 Å². The second kappa shape index (κ2) is 5.17. The first-order chi connectivity index (χ1) is 11.4. The number of carbonyl (C=O) groups excluding carboxylic acids is 1. The smallest absolute Gasteiger partial charge is 0.325 e. The molecule has 2 aliphatic rings. The van der Waals surface area contributed by atoms with Gasteiger partial charge in [0, 0.05) is 22.5 Å². The Bertz CT molecular complexity index is 860. The second-order valence-electron chi connectivity index (χ2n) is 6.10. The first kappa shape index (κ1) is 15.4. The predicted octanol–water partition coefficient (Wildman–Crippen LogP) is 4.50. The van der Waals surface area contributed by atoms with Crippen LogP contribution in [0.5, 0.6) is 5.75 Å².